The van der Waals surface area contributed by atoms with Crippen molar-refractivity contribution in [2.45, 2.75) is 13.5 Å². The third kappa shape index (κ3) is 7.88. The van der Waals surface area contributed by atoms with Crippen LogP contribution in [0.1, 0.15) is 23.8 Å². The molecule has 12 heteroatoms. The van der Waals surface area contributed by atoms with Gasteiger partial charge in [-0.1, -0.05) is 29.8 Å². The highest BCUT2D eigenvalue weighted by molar-refractivity contribution is 8.18. The molecule has 1 aliphatic heterocycles. The van der Waals surface area contributed by atoms with Crippen molar-refractivity contribution in [3.8, 4) is 17.2 Å². The van der Waals surface area contributed by atoms with E-state index in [9.17, 15) is 14.7 Å². The van der Waals surface area contributed by atoms with Gasteiger partial charge in [0.2, 0.25) is 0 Å². The molecule has 3 aromatic carbocycles. The number of benzene rings is 3. The average molecular weight is 631 g/mol. The third-order valence-electron chi connectivity index (χ3n) is 6.11. The van der Waals surface area contributed by atoms with Gasteiger partial charge in [-0.05, 0) is 91.0 Å². The van der Waals surface area contributed by atoms with E-state index < -0.39 is 0 Å². The van der Waals surface area contributed by atoms with Gasteiger partial charge in [0.05, 0.1) is 30.5 Å². The van der Waals surface area contributed by atoms with Gasteiger partial charge in [-0.3, -0.25) is 14.5 Å². The van der Waals surface area contributed by atoms with Crippen LogP contribution >= 0.6 is 23.4 Å². The molecule has 10 nitrogen and oxygen atoms in total. The number of nitrogens with one attached hydrogen (secondary N) is 1. The van der Waals surface area contributed by atoms with Crippen LogP contribution in [0.15, 0.2) is 105 Å². The summed E-state index contributed by atoms with van der Waals surface area (Å²) >= 11 is 7.06. The Labute approximate surface area is 262 Å². The van der Waals surface area contributed by atoms with Crippen molar-refractivity contribution < 1.29 is 28.6 Å². The Bertz CT molecular complexity index is 1720. The highest BCUT2D eigenvalue weighted by Gasteiger charge is 2.34. The number of carbonyl (C=O) groups excluding carboxylic acids is 2. The molecule has 1 saturated heterocycles. The van der Waals surface area contributed by atoms with Gasteiger partial charge in [0.25, 0.3) is 11.8 Å². The fourth-order valence-corrected chi connectivity index (χ4v) is 5.11. The molecule has 0 saturated carbocycles. The Morgan fingerprint density at radius 1 is 1.07 bits per heavy atom. The van der Waals surface area contributed by atoms with Crippen LogP contribution in [0.5, 0.6) is 17.2 Å². The number of amides is 2. The molecule has 0 atom stereocenters. The van der Waals surface area contributed by atoms with Crippen molar-refractivity contribution in [1.82, 2.24) is 4.90 Å². The Kier molecular flexibility index (Phi) is 10.0. The molecule has 5 rings (SSSR count). The van der Waals surface area contributed by atoms with Crippen molar-refractivity contribution in [2.75, 3.05) is 18.5 Å². The summed E-state index contributed by atoms with van der Waals surface area (Å²) in [6.07, 6.45) is 4.73. The summed E-state index contributed by atoms with van der Waals surface area (Å²) in [7, 11) is 0. The number of aromatic hydroxyl groups is 1. The number of phenols is 1. The number of para-hydroxylation sites is 1. The number of hydrogen-bond acceptors (Lipinski definition) is 9. The molecule has 1 aliphatic rings. The number of rotatable bonds is 11. The van der Waals surface area contributed by atoms with E-state index in [1.165, 1.54) is 23.4 Å². The van der Waals surface area contributed by atoms with Crippen molar-refractivity contribution in [1.29, 1.82) is 0 Å². The molecule has 0 spiro atoms. The summed E-state index contributed by atoms with van der Waals surface area (Å²) < 4.78 is 16.7. The first kappa shape index (κ1) is 30.5. The number of halogens is 1. The Balaban J connectivity index is 1.34. The fourth-order valence-electron chi connectivity index (χ4n) is 4.05. The second kappa shape index (κ2) is 14.5. The number of nitrogens with zero attached hydrogens (tertiary/aromatic N) is 3. The molecule has 0 unspecified atom stereocenters. The van der Waals surface area contributed by atoms with Gasteiger partial charge in [0.1, 0.15) is 11.5 Å². The smallest absolute Gasteiger partial charge is 0.267 e. The molecule has 224 valence electrons. The number of hydrogen-bond donors (Lipinski definition) is 2. The summed E-state index contributed by atoms with van der Waals surface area (Å²) in [6, 6.07) is 22.2. The van der Waals surface area contributed by atoms with Crippen LogP contribution in [0.3, 0.4) is 0 Å². The molecular formula is C32H27ClN4O6S. The van der Waals surface area contributed by atoms with E-state index in [0.717, 1.165) is 11.8 Å². The van der Waals surface area contributed by atoms with Gasteiger partial charge in [0, 0.05) is 16.3 Å². The average Bonchev–Trinajstić information content (AvgIpc) is 3.64. The number of thioether (sulfide) groups is 1. The molecule has 1 fully saturated rings. The van der Waals surface area contributed by atoms with Gasteiger partial charge in [0.15, 0.2) is 23.3 Å². The first-order chi connectivity index (χ1) is 21.4. The van der Waals surface area contributed by atoms with Gasteiger partial charge in [-0.2, -0.15) is 5.10 Å². The lowest BCUT2D eigenvalue weighted by molar-refractivity contribution is -0.122. The van der Waals surface area contributed by atoms with Crippen LogP contribution in [-0.4, -0.2) is 46.4 Å². The lowest BCUT2D eigenvalue weighted by Gasteiger charge is -2.12. The van der Waals surface area contributed by atoms with Gasteiger partial charge >= 0.3 is 0 Å². The lowest BCUT2D eigenvalue weighted by atomic mass is 10.2. The van der Waals surface area contributed by atoms with Gasteiger partial charge < -0.3 is 24.3 Å². The minimum Gasteiger partial charge on any atom is -0.504 e. The Hall–Kier alpha value is -5.00. The number of carbonyl (C=O) groups is 2. The molecule has 2 N–H and O–H groups in total. The molecule has 4 aromatic rings. The van der Waals surface area contributed by atoms with Crippen molar-refractivity contribution in [2.24, 2.45) is 10.2 Å². The molecule has 0 aliphatic carbocycles. The van der Waals surface area contributed by atoms with Crippen LogP contribution < -0.4 is 14.8 Å². The molecule has 1 aromatic heterocycles. The van der Waals surface area contributed by atoms with E-state index in [-0.39, 0.29) is 30.7 Å². The minimum atomic E-state index is -0.347. The second-order valence-electron chi connectivity index (χ2n) is 9.25. The topological polar surface area (TPSA) is 126 Å². The third-order valence-corrected chi connectivity index (χ3v) is 7.36. The standard InChI is InChI=1S/C32H27ClN4O6S/c1-2-41-28-16-21(9-14-26(28)38)18-34-36-32-37(19-25-7-5-15-42-25)31(40)29(44-32)17-22-6-3-4-8-27(22)43-20-30(39)35-24-12-10-23(33)11-13-24/h3-18,38H,2,19-20H2,1H3,(H,35,39)/b29-17-,34-18+,36-32-. The predicted molar refractivity (Wildman–Crippen MR) is 171 cm³/mol. The zero-order valence-corrected chi connectivity index (χ0v) is 25.0. The molecule has 2 amide bonds. The van der Waals surface area contributed by atoms with Crippen molar-refractivity contribution in [3.63, 3.8) is 0 Å². The SMILES string of the molecule is CCOc1cc(/C=N/N=C2\S/C(=C\c3ccccc3OCC(=O)Nc3ccc(Cl)cc3)C(=O)N2Cc2ccco2)ccc1O. The lowest BCUT2D eigenvalue weighted by Crippen LogP contribution is -2.28. The summed E-state index contributed by atoms with van der Waals surface area (Å²) in [6.45, 7) is 2.14. The number of phenolic OH excluding ortho intramolecular Hbond substituents is 1. The summed E-state index contributed by atoms with van der Waals surface area (Å²) in [5.41, 5.74) is 1.86. The van der Waals surface area contributed by atoms with Crippen LogP contribution in [0, 0.1) is 0 Å². The highest BCUT2D eigenvalue weighted by atomic mass is 35.5. The quantitative estimate of drug-likeness (QED) is 0.109. The van der Waals surface area contributed by atoms with E-state index >= 15 is 0 Å². The minimum absolute atomic E-state index is 0.0260. The Morgan fingerprint density at radius 3 is 2.66 bits per heavy atom. The number of furan rings is 1. The van der Waals surface area contributed by atoms with Crippen molar-refractivity contribution >= 4 is 58.3 Å². The molecule has 0 radical (unpaired) electrons. The van der Waals surface area contributed by atoms with Crippen LogP contribution in [0.2, 0.25) is 5.02 Å². The largest absolute Gasteiger partial charge is 0.504 e. The predicted octanol–water partition coefficient (Wildman–Crippen LogP) is 6.56. The summed E-state index contributed by atoms with van der Waals surface area (Å²) in [5, 5.41) is 22.1. The Morgan fingerprint density at radius 2 is 1.89 bits per heavy atom. The fraction of sp³-hybridized carbons (Fsp3) is 0.125. The molecular weight excluding hydrogens is 604 g/mol. The van der Waals surface area contributed by atoms with E-state index in [2.05, 4.69) is 15.5 Å². The first-order valence-electron chi connectivity index (χ1n) is 13.5. The van der Waals surface area contributed by atoms with E-state index in [1.807, 2.05) is 13.0 Å². The summed E-state index contributed by atoms with van der Waals surface area (Å²) in [4.78, 5) is 27.9. The van der Waals surface area contributed by atoms with Crippen molar-refractivity contribution in [3.05, 3.63) is 112 Å². The zero-order valence-electron chi connectivity index (χ0n) is 23.5. The highest BCUT2D eigenvalue weighted by Crippen LogP contribution is 2.35. The van der Waals surface area contributed by atoms with Gasteiger partial charge in [-0.25, -0.2) is 0 Å². The van der Waals surface area contributed by atoms with Crippen LogP contribution in [-0.2, 0) is 16.1 Å². The number of ether oxygens (including phenoxy) is 2. The maximum Gasteiger partial charge on any atom is 0.267 e. The zero-order chi connectivity index (χ0) is 30.9. The van der Waals surface area contributed by atoms with E-state index in [0.29, 0.717) is 55.8 Å². The number of anilines is 1. The van der Waals surface area contributed by atoms with Crippen LogP contribution in [0.25, 0.3) is 6.08 Å². The molecule has 44 heavy (non-hydrogen) atoms. The second-order valence-corrected chi connectivity index (χ2v) is 10.7. The maximum atomic E-state index is 13.5. The molecule has 2 heterocycles. The van der Waals surface area contributed by atoms with Gasteiger partial charge in [-0.15, -0.1) is 5.10 Å². The van der Waals surface area contributed by atoms with E-state index in [1.54, 1.807) is 72.8 Å². The summed E-state index contributed by atoms with van der Waals surface area (Å²) in [5.74, 6) is 0.727. The molecule has 0 bridgehead atoms. The normalized spacial score (nSPS) is 15.0. The maximum absolute atomic E-state index is 13.5. The van der Waals surface area contributed by atoms with Crippen LogP contribution in [0.4, 0.5) is 5.69 Å². The number of amidine groups is 1. The van der Waals surface area contributed by atoms with E-state index in [4.69, 9.17) is 25.5 Å². The monoisotopic (exact) mass is 630 g/mol. The first-order valence-corrected chi connectivity index (χ1v) is 14.7.